The number of rotatable bonds is 2. The molecule has 0 aromatic heterocycles. The lowest BCUT2D eigenvalue weighted by atomic mass is 9.77. The van der Waals surface area contributed by atoms with Crippen LogP contribution in [0.3, 0.4) is 0 Å². The number of hydrogen-bond donors (Lipinski definition) is 0. The van der Waals surface area contributed by atoms with Crippen molar-refractivity contribution in [3.8, 4) is 0 Å². The summed E-state index contributed by atoms with van der Waals surface area (Å²) in [5, 5.41) is 0.630. The molecule has 2 saturated heterocycles. The average Bonchev–Trinajstić information content (AvgIpc) is 2.73. The van der Waals surface area contributed by atoms with Crippen LogP contribution in [0, 0.1) is 11.8 Å². The molecule has 0 radical (unpaired) electrons. The molecular formula is C22H29ClN2O2. The first-order chi connectivity index (χ1) is 13.1. The van der Waals surface area contributed by atoms with Crippen molar-refractivity contribution < 1.29 is 9.59 Å². The number of fused-ring (bicyclic) bond motifs is 1. The Morgan fingerprint density at radius 1 is 0.889 bits per heavy atom. The Kier molecular flexibility index (Phi) is 5.72. The number of halogens is 1. The topological polar surface area (TPSA) is 40.6 Å². The summed E-state index contributed by atoms with van der Waals surface area (Å²) < 4.78 is 0. The summed E-state index contributed by atoms with van der Waals surface area (Å²) in [6.07, 6.45) is 9.21. The van der Waals surface area contributed by atoms with E-state index >= 15 is 0 Å². The van der Waals surface area contributed by atoms with Crippen LogP contribution in [0.4, 0.5) is 0 Å². The Labute approximate surface area is 166 Å². The predicted molar refractivity (Wildman–Crippen MR) is 107 cm³/mol. The molecule has 2 amide bonds. The molecule has 1 aromatic rings. The van der Waals surface area contributed by atoms with E-state index in [0.29, 0.717) is 35.0 Å². The molecule has 0 spiro atoms. The van der Waals surface area contributed by atoms with Gasteiger partial charge in [0.25, 0.3) is 5.91 Å². The zero-order valence-electron chi connectivity index (χ0n) is 15.9. The molecule has 2 heterocycles. The molecule has 3 aliphatic rings. The summed E-state index contributed by atoms with van der Waals surface area (Å²) >= 11 is 5.93. The standard InChI is InChI=1S/C22H29ClN2O2/c23-19-11-9-17(10-12-19)21(26)24-13-3-7-18(15-24)22(27)25-14-4-6-16-5-1-2-8-20(16)25/h9-12,16,18,20H,1-8,13-15H2. The number of amides is 2. The predicted octanol–water partition coefficient (Wildman–Crippen LogP) is 4.37. The van der Waals surface area contributed by atoms with Gasteiger partial charge >= 0.3 is 0 Å². The molecule has 1 saturated carbocycles. The maximum Gasteiger partial charge on any atom is 0.253 e. The van der Waals surface area contributed by atoms with Gasteiger partial charge in [-0.05, 0) is 68.7 Å². The molecule has 4 nitrogen and oxygen atoms in total. The van der Waals surface area contributed by atoms with Gasteiger partial charge in [0, 0.05) is 36.3 Å². The van der Waals surface area contributed by atoms with Gasteiger partial charge < -0.3 is 9.80 Å². The van der Waals surface area contributed by atoms with Crippen molar-refractivity contribution in [2.75, 3.05) is 19.6 Å². The fraction of sp³-hybridized carbons (Fsp3) is 0.636. The van der Waals surface area contributed by atoms with E-state index in [4.69, 9.17) is 11.6 Å². The van der Waals surface area contributed by atoms with E-state index in [9.17, 15) is 9.59 Å². The van der Waals surface area contributed by atoms with Gasteiger partial charge in [-0.1, -0.05) is 24.4 Å². The summed E-state index contributed by atoms with van der Waals surface area (Å²) in [7, 11) is 0. The summed E-state index contributed by atoms with van der Waals surface area (Å²) in [6, 6.07) is 7.49. The number of piperidine rings is 2. The van der Waals surface area contributed by atoms with Crippen LogP contribution in [0.5, 0.6) is 0 Å². The van der Waals surface area contributed by atoms with Gasteiger partial charge in [0.2, 0.25) is 5.91 Å². The minimum atomic E-state index is -0.0457. The fourth-order valence-electron chi connectivity index (χ4n) is 5.27. The molecule has 0 bridgehead atoms. The van der Waals surface area contributed by atoms with Crippen LogP contribution in [0.1, 0.15) is 61.7 Å². The third kappa shape index (κ3) is 4.01. The van der Waals surface area contributed by atoms with Crippen LogP contribution < -0.4 is 0 Å². The van der Waals surface area contributed by atoms with Crippen molar-refractivity contribution in [3.05, 3.63) is 34.9 Å². The Hall–Kier alpha value is -1.55. The third-order valence-corrected chi connectivity index (χ3v) is 6.93. The van der Waals surface area contributed by atoms with E-state index in [1.807, 2.05) is 4.90 Å². The first kappa shape index (κ1) is 18.8. The van der Waals surface area contributed by atoms with E-state index in [-0.39, 0.29) is 11.8 Å². The second-order valence-corrected chi connectivity index (χ2v) is 8.82. The van der Waals surface area contributed by atoms with Gasteiger partial charge in [-0.25, -0.2) is 0 Å². The van der Waals surface area contributed by atoms with E-state index in [1.54, 1.807) is 24.3 Å². The minimum Gasteiger partial charge on any atom is -0.339 e. The van der Waals surface area contributed by atoms with Crippen LogP contribution in [0.15, 0.2) is 24.3 Å². The second kappa shape index (κ2) is 8.22. The quantitative estimate of drug-likeness (QED) is 0.754. The van der Waals surface area contributed by atoms with Gasteiger partial charge in [-0.15, -0.1) is 0 Å². The second-order valence-electron chi connectivity index (χ2n) is 8.38. The molecule has 2 aliphatic heterocycles. The van der Waals surface area contributed by atoms with Crippen LogP contribution >= 0.6 is 11.6 Å². The molecule has 4 rings (SSSR count). The molecule has 27 heavy (non-hydrogen) atoms. The first-order valence-electron chi connectivity index (χ1n) is 10.5. The highest BCUT2D eigenvalue weighted by Crippen LogP contribution is 2.36. The van der Waals surface area contributed by atoms with Gasteiger partial charge in [0.05, 0.1) is 5.92 Å². The van der Waals surface area contributed by atoms with Gasteiger partial charge in [-0.2, -0.15) is 0 Å². The highest BCUT2D eigenvalue weighted by Gasteiger charge is 2.39. The highest BCUT2D eigenvalue weighted by atomic mass is 35.5. The minimum absolute atomic E-state index is 0.0124. The van der Waals surface area contributed by atoms with Crippen molar-refractivity contribution >= 4 is 23.4 Å². The summed E-state index contributed by atoms with van der Waals surface area (Å²) in [5.74, 6) is 0.959. The van der Waals surface area contributed by atoms with Crippen molar-refractivity contribution in [3.63, 3.8) is 0 Å². The number of hydrogen-bond acceptors (Lipinski definition) is 2. The third-order valence-electron chi connectivity index (χ3n) is 6.68. The Morgan fingerprint density at radius 2 is 1.59 bits per heavy atom. The van der Waals surface area contributed by atoms with Crippen LogP contribution in [-0.4, -0.2) is 47.3 Å². The Balaban J connectivity index is 1.43. The van der Waals surface area contributed by atoms with Crippen LogP contribution in [-0.2, 0) is 4.79 Å². The van der Waals surface area contributed by atoms with E-state index in [2.05, 4.69) is 4.90 Å². The summed E-state index contributed by atoms with van der Waals surface area (Å²) in [5.41, 5.74) is 0.651. The number of carbonyl (C=O) groups excluding carboxylic acids is 2. The first-order valence-corrected chi connectivity index (χ1v) is 10.9. The number of benzene rings is 1. The van der Waals surface area contributed by atoms with Gasteiger partial charge in [-0.3, -0.25) is 9.59 Å². The molecule has 5 heteroatoms. The Bertz CT molecular complexity index is 688. The maximum atomic E-state index is 13.3. The molecule has 1 aromatic carbocycles. The monoisotopic (exact) mass is 388 g/mol. The van der Waals surface area contributed by atoms with E-state index in [0.717, 1.165) is 38.8 Å². The Morgan fingerprint density at radius 3 is 2.41 bits per heavy atom. The largest absolute Gasteiger partial charge is 0.339 e. The molecular weight excluding hydrogens is 360 g/mol. The lowest BCUT2D eigenvalue weighted by molar-refractivity contribution is -0.143. The average molecular weight is 389 g/mol. The normalized spacial score (nSPS) is 28.6. The van der Waals surface area contributed by atoms with Crippen molar-refractivity contribution in [1.82, 2.24) is 9.80 Å². The van der Waals surface area contributed by atoms with Gasteiger partial charge in [0.1, 0.15) is 0 Å². The number of nitrogens with zero attached hydrogens (tertiary/aromatic N) is 2. The highest BCUT2D eigenvalue weighted by molar-refractivity contribution is 6.30. The summed E-state index contributed by atoms with van der Waals surface area (Å²) in [6.45, 7) is 2.19. The van der Waals surface area contributed by atoms with Crippen LogP contribution in [0.25, 0.3) is 0 Å². The number of carbonyl (C=O) groups is 2. The smallest absolute Gasteiger partial charge is 0.253 e. The zero-order chi connectivity index (χ0) is 18.8. The van der Waals surface area contributed by atoms with Crippen molar-refractivity contribution in [1.29, 1.82) is 0 Å². The van der Waals surface area contributed by atoms with E-state index < -0.39 is 0 Å². The lowest BCUT2D eigenvalue weighted by Crippen LogP contribution is -2.54. The van der Waals surface area contributed by atoms with Gasteiger partial charge in [0.15, 0.2) is 0 Å². The zero-order valence-corrected chi connectivity index (χ0v) is 16.7. The van der Waals surface area contributed by atoms with Crippen molar-refractivity contribution in [2.24, 2.45) is 11.8 Å². The molecule has 146 valence electrons. The van der Waals surface area contributed by atoms with Crippen LogP contribution in [0.2, 0.25) is 5.02 Å². The van der Waals surface area contributed by atoms with Crippen molar-refractivity contribution in [2.45, 2.75) is 57.4 Å². The number of likely N-dealkylation sites (tertiary alicyclic amines) is 2. The molecule has 0 N–H and O–H groups in total. The summed E-state index contributed by atoms with van der Waals surface area (Å²) in [4.78, 5) is 30.2. The molecule has 3 atom stereocenters. The molecule has 3 fully saturated rings. The lowest BCUT2D eigenvalue weighted by Gasteiger charge is -2.46. The van der Waals surface area contributed by atoms with E-state index in [1.165, 1.54) is 25.7 Å². The molecule has 1 aliphatic carbocycles. The maximum absolute atomic E-state index is 13.3. The molecule has 3 unspecified atom stereocenters. The fourth-order valence-corrected chi connectivity index (χ4v) is 5.40. The SMILES string of the molecule is O=C(c1ccc(Cl)cc1)N1CCCC(C(=O)N2CCCC3CCCCC32)C1.